The second kappa shape index (κ2) is 10.0. The third-order valence-electron chi connectivity index (χ3n) is 4.99. The molecule has 3 aromatic rings. The highest BCUT2D eigenvalue weighted by molar-refractivity contribution is 7.10. The molecule has 4 atom stereocenters. The molecule has 11 heteroatoms. The zero-order chi connectivity index (χ0) is 22.7. The number of nitrogens with zero attached hydrogens (tertiary/aromatic N) is 2. The Morgan fingerprint density at radius 1 is 1.22 bits per heavy atom. The molecule has 0 saturated carbocycles. The third kappa shape index (κ3) is 4.68. The van der Waals surface area contributed by atoms with E-state index < -0.39 is 6.10 Å². The van der Waals surface area contributed by atoms with Crippen LogP contribution in [0.15, 0.2) is 17.5 Å². The normalized spacial score (nSPS) is 24.2. The Kier molecular flexibility index (Phi) is 7.15. The molecule has 2 N–H and O–H groups in total. The lowest BCUT2D eigenvalue weighted by Crippen LogP contribution is -2.34. The van der Waals surface area contributed by atoms with E-state index in [0.29, 0.717) is 41.9 Å². The number of aliphatic hydroxyl groups excluding tert-OH is 1. The quantitative estimate of drug-likeness (QED) is 0.498. The summed E-state index contributed by atoms with van der Waals surface area (Å²) in [6.07, 6.45) is 6.32. The maximum absolute atomic E-state index is 9.85. The van der Waals surface area contributed by atoms with Crippen LogP contribution in [-0.2, 0) is 27.4 Å². The number of H-pyrrole nitrogens is 1. The Morgan fingerprint density at radius 3 is 2.84 bits per heavy atom. The molecule has 0 aromatic carbocycles. The lowest BCUT2D eigenvalue weighted by atomic mass is 10.1. The van der Waals surface area contributed by atoms with Crippen molar-refractivity contribution >= 4 is 34.1 Å². The van der Waals surface area contributed by atoms with E-state index in [1.54, 1.807) is 24.5 Å². The summed E-state index contributed by atoms with van der Waals surface area (Å²) < 4.78 is 28.0. The number of methoxy groups -OCH3 is 1. The van der Waals surface area contributed by atoms with Gasteiger partial charge in [0.15, 0.2) is 11.8 Å². The minimum absolute atomic E-state index is 0.240. The van der Waals surface area contributed by atoms with Gasteiger partial charge in [-0.25, -0.2) is 0 Å². The second-order valence-corrected chi connectivity index (χ2v) is 8.55. The summed E-state index contributed by atoms with van der Waals surface area (Å²) in [4.78, 5) is 13.0. The minimum Gasteiger partial charge on any atom is -0.472 e. The van der Waals surface area contributed by atoms with Gasteiger partial charge in [-0.05, 0) is 17.5 Å². The van der Waals surface area contributed by atoms with Gasteiger partial charge < -0.3 is 33.8 Å². The van der Waals surface area contributed by atoms with Gasteiger partial charge in [0.2, 0.25) is 5.88 Å². The maximum Gasteiger partial charge on any atom is 0.296 e. The number of halogens is 1. The Hall–Kier alpha value is -2.39. The van der Waals surface area contributed by atoms with Gasteiger partial charge in [0.05, 0.1) is 25.3 Å². The summed E-state index contributed by atoms with van der Waals surface area (Å²) in [5.41, 5.74) is 2.08. The second-order valence-electron chi connectivity index (χ2n) is 7.15. The molecule has 9 nitrogen and oxygen atoms in total. The van der Waals surface area contributed by atoms with Crippen LogP contribution in [0.4, 0.5) is 0 Å². The molecule has 0 aliphatic carbocycles. The van der Waals surface area contributed by atoms with Crippen LogP contribution in [0.1, 0.15) is 10.4 Å². The number of hydrogen-bond donors (Lipinski definition) is 2. The van der Waals surface area contributed by atoms with Crippen molar-refractivity contribution < 1.29 is 28.8 Å². The summed E-state index contributed by atoms with van der Waals surface area (Å²) in [6, 6.07) is 4.01. The molecule has 5 heterocycles. The number of fused-ring (bicyclic) bond motifs is 2. The van der Waals surface area contributed by atoms with Crippen molar-refractivity contribution in [3.63, 3.8) is 0 Å². The van der Waals surface area contributed by atoms with Crippen LogP contribution >= 0.6 is 22.9 Å². The third-order valence-corrected chi connectivity index (χ3v) is 6.22. The number of nitrogens with one attached hydrogen (secondary N) is 1. The summed E-state index contributed by atoms with van der Waals surface area (Å²) in [6.45, 7) is 1.47. The van der Waals surface area contributed by atoms with E-state index in [9.17, 15) is 5.11 Å². The molecule has 0 radical (unpaired) electrons. The van der Waals surface area contributed by atoms with Crippen molar-refractivity contribution in [2.24, 2.45) is 0 Å². The van der Waals surface area contributed by atoms with Crippen LogP contribution in [0.3, 0.4) is 0 Å². The number of aliphatic hydroxyl groups is 1. The van der Waals surface area contributed by atoms with Gasteiger partial charge in [-0.3, -0.25) is 0 Å². The van der Waals surface area contributed by atoms with Crippen molar-refractivity contribution in [3.05, 3.63) is 33.0 Å². The maximum atomic E-state index is 9.85. The number of rotatable bonds is 7. The molecule has 0 spiro atoms. The Balaban J connectivity index is 0.00000119. The number of aromatic nitrogens is 3. The summed E-state index contributed by atoms with van der Waals surface area (Å²) in [5.74, 6) is 0.299. The number of thiophene rings is 1. The van der Waals surface area contributed by atoms with E-state index in [1.807, 2.05) is 11.4 Å². The molecule has 1 unspecified atom stereocenters. The lowest BCUT2D eigenvalue weighted by molar-refractivity contribution is 0.00706. The Morgan fingerprint density at radius 2 is 2.03 bits per heavy atom. The summed E-state index contributed by atoms with van der Waals surface area (Å²) in [5, 5.41) is 12.2. The lowest BCUT2D eigenvalue weighted by Gasteiger charge is -2.15. The molecule has 3 aromatic heterocycles. The topological polar surface area (TPSA) is 108 Å². The van der Waals surface area contributed by atoms with E-state index >= 15 is 0 Å². The van der Waals surface area contributed by atoms with Crippen LogP contribution in [0.5, 0.6) is 11.9 Å². The van der Waals surface area contributed by atoms with Crippen LogP contribution in [-0.4, -0.2) is 64.8 Å². The van der Waals surface area contributed by atoms with Crippen molar-refractivity contribution in [2.45, 2.75) is 37.6 Å². The SMILES string of the molecule is C#C.COCc1cc(COc2nc3nc(O[C@@H]4CO[C@H]5C4OC[C@H]5O)[nH]c3cc2Cl)cs1. The van der Waals surface area contributed by atoms with Gasteiger partial charge in [0, 0.05) is 17.6 Å². The number of hydrogen-bond acceptors (Lipinski definition) is 9. The van der Waals surface area contributed by atoms with Gasteiger partial charge in [0.1, 0.15) is 29.9 Å². The fourth-order valence-corrected chi connectivity index (χ4v) is 4.65. The van der Waals surface area contributed by atoms with Gasteiger partial charge in [-0.1, -0.05) is 11.6 Å². The monoisotopic (exact) mass is 479 g/mol. The van der Waals surface area contributed by atoms with Crippen molar-refractivity contribution in [2.75, 3.05) is 20.3 Å². The summed E-state index contributed by atoms with van der Waals surface area (Å²) in [7, 11) is 1.67. The number of aromatic amines is 1. The number of terminal acetylenes is 1. The summed E-state index contributed by atoms with van der Waals surface area (Å²) >= 11 is 7.94. The van der Waals surface area contributed by atoms with Gasteiger partial charge >= 0.3 is 0 Å². The van der Waals surface area contributed by atoms with E-state index in [1.165, 1.54) is 0 Å². The first kappa shape index (κ1) is 22.8. The fourth-order valence-electron chi connectivity index (χ4n) is 3.60. The molecule has 2 aliphatic rings. The van der Waals surface area contributed by atoms with Crippen molar-refractivity contribution in [1.29, 1.82) is 0 Å². The average Bonchev–Trinajstić information content (AvgIpc) is 3.56. The molecule has 0 amide bonds. The standard InChI is InChI=1S/C19H20ClN3O6S.C2H2/c1-25-5-10-2-9(8-30-10)4-28-18-11(20)3-12-17(22-18)23-19(21-12)29-14-7-27-15-13(24)6-26-16(14)15;1-2/h2-3,8,13-16,24H,4-7H2,1H3,(H,21,22,23);1-2H/t13-,14-,15-,16?;/m1./s1. The van der Waals surface area contributed by atoms with Gasteiger partial charge in [0.25, 0.3) is 6.01 Å². The molecule has 2 saturated heterocycles. The van der Waals surface area contributed by atoms with Crippen LogP contribution in [0, 0.1) is 12.8 Å². The predicted molar refractivity (Wildman–Crippen MR) is 118 cm³/mol. The molecule has 0 bridgehead atoms. The highest BCUT2D eigenvalue weighted by atomic mass is 35.5. The predicted octanol–water partition coefficient (Wildman–Crippen LogP) is 2.55. The van der Waals surface area contributed by atoms with Gasteiger partial charge in [-0.2, -0.15) is 9.97 Å². The van der Waals surface area contributed by atoms with E-state index in [-0.39, 0.29) is 30.9 Å². The molecular formula is C21H22ClN3O6S. The first-order chi connectivity index (χ1) is 15.6. The Labute approximate surface area is 193 Å². The molecule has 32 heavy (non-hydrogen) atoms. The van der Waals surface area contributed by atoms with E-state index in [2.05, 4.69) is 27.8 Å². The first-order valence-corrected chi connectivity index (χ1v) is 11.0. The zero-order valence-corrected chi connectivity index (χ0v) is 18.8. The molecule has 5 rings (SSSR count). The molecule has 2 fully saturated rings. The molecule has 2 aliphatic heterocycles. The van der Waals surface area contributed by atoms with E-state index in [0.717, 1.165) is 10.4 Å². The van der Waals surface area contributed by atoms with E-state index in [4.69, 9.17) is 35.3 Å². The smallest absolute Gasteiger partial charge is 0.296 e. The fraction of sp³-hybridized carbons (Fsp3) is 0.429. The Bertz CT molecular complexity index is 1090. The minimum atomic E-state index is -0.631. The average molecular weight is 480 g/mol. The van der Waals surface area contributed by atoms with Crippen molar-refractivity contribution in [1.82, 2.24) is 15.0 Å². The highest BCUT2D eigenvalue weighted by Gasteiger charge is 2.48. The largest absolute Gasteiger partial charge is 0.472 e. The van der Waals surface area contributed by atoms with Crippen molar-refractivity contribution in [3.8, 4) is 24.7 Å². The number of pyridine rings is 1. The zero-order valence-electron chi connectivity index (χ0n) is 17.2. The number of imidazole rings is 1. The molecular weight excluding hydrogens is 458 g/mol. The number of ether oxygens (including phenoxy) is 5. The first-order valence-electron chi connectivity index (χ1n) is 9.76. The van der Waals surface area contributed by atoms with Crippen LogP contribution < -0.4 is 9.47 Å². The van der Waals surface area contributed by atoms with Crippen LogP contribution in [0.2, 0.25) is 5.02 Å². The van der Waals surface area contributed by atoms with Gasteiger partial charge in [-0.15, -0.1) is 24.2 Å². The van der Waals surface area contributed by atoms with Crippen LogP contribution in [0.25, 0.3) is 11.2 Å². The molecule has 170 valence electrons. The highest BCUT2D eigenvalue weighted by Crippen LogP contribution is 2.31.